The van der Waals surface area contributed by atoms with Gasteiger partial charge in [0.2, 0.25) is 0 Å². The number of amides is 1. The Balaban J connectivity index is 1.46. The average molecular weight is 460 g/mol. The zero-order valence-corrected chi connectivity index (χ0v) is 20.2. The lowest BCUT2D eigenvalue weighted by molar-refractivity contribution is 0.0691. The third-order valence-electron chi connectivity index (χ3n) is 6.66. The molecule has 2 fully saturated rings. The molecule has 0 bridgehead atoms. The van der Waals surface area contributed by atoms with Gasteiger partial charge in [0.05, 0.1) is 5.56 Å². The van der Waals surface area contributed by atoms with Gasteiger partial charge in [-0.25, -0.2) is 0 Å². The molecule has 0 unspecified atom stereocenters. The van der Waals surface area contributed by atoms with Gasteiger partial charge in [0.15, 0.2) is 0 Å². The van der Waals surface area contributed by atoms with Crippen LogP contribution in [-0.4, -0.2) is 96.7 Å². The number of likely N-dealkylation sites (N-methyl/N-ethyl adjacent to an activating group) is 1. The van der Waals surface area contributed by atoms with E-state index in [2.05, 4.69) is 28.5 Å². The summed E-state index contributed by atoms with van der Waals surface area (Å²) >= 11 is 0. The van der Waals surface area contributed by atoms with Crippen LogP contribution in [0, 0.1) is 20.8 Å². The smallest absolute Gasteiger partial charge is 0.282 e. The molecule has 4 rings (SSSR count). The maximum atomic E-state index is 13.3. The number of carbonyl (C=O) groups excluding carboxylic acids is 1. The predicted molar refractivity (Wildman–Crippen MR) is 125 cm³/mol. The lowest BCUT2D eigenvalue weighted by atomic mass is 10.2. The summed E-state index contributed by atoms with van der Waals surface area (Å²) in [5.41, 5.74) is 4.83. The second-order valence-corrected chi connectivity index (χ2v) is 10.7. The van der Waals surface area contributed by atoms with Gasteiger partial charge >= 0.3 is 0 Å². The van der Waals surface area contributed by atoms with E-state index in [1.807, 2.05) is 39.1 Å². The van der Waals surface area contributed by atoms with E-state index in [-0.39, 0.29) is 5.91 Å². The van der Waals surface area contributed by atoms with Crippen LogP contribution in [0.4, 0.5) is 0 Å². The highest BCUT2D eigenvalue weighted by molar-refractivity contribution is 7.86. The van der Waals surface area contributed by atoms with E-state index in [0.29, 0.717) is 44.8 Å². The van der Waals surface area contributed by atoms with Crippen molar-refractivity contribution in [1.29, 1.82) is 0 Å². The number of nitrogens with zero attached hydrogens (tertiary/aromatic N) is 5. The molecule has 1 aromatic heterocycles. The van der Waals surface area contributed by atoms with Crippen LogP contribution in [0.25, 0.3) is 5.69 Å². The summed E-state index contributed by atoms with van der Waals surface area (Å²) in [4.78, 5) is 17.2. The van der Waals surface area contributed by atoms with E-state index >= 15 is 0 Å². The molecule has 0 aliphatic carbocycles. The minimum Gasteiger partial charge on any atom is -0.336 e. The third-order valence-corrected chi connectivity index (χ3v) is 8.69. The summed E-state index contributed by atoms with van der Waals surface area (Å²) in [5.74, 6) is -0.0328. The number of benzene rings is 1. The summed E-state index contributed by atoms with van der Waals surface area (Å²) < 4.78 is 31.2. The fraction of sp³-hybridized carbons (Fsp3) is 0.522. The SMILES string of the molecule is Cc1ccccc1-n1c(C)cc(C(=O)N2CCN(S(=O)(=O)N3CCN(C)CC3)CC2)c1C. The Morgan fingerprint density at radius 2 is 1.41 bits per heavy atom. The number of aromatic nitrogens is 1. The van der Waals surface area contributed by atoms with E-state index in [0.717, 1.165) is 35.7 Å². The van der Waals surface area contributed by atoms with Gasteiger partial charge in [0.25, 0.3) is 16.1 Å². The second-order valence-electron chi connectivity index (χ2n) is 8.81. The molecule has 32 heavy (non-hydrogen) atoms. The molecular formula is C23H33N5O3S. The van der Waals surface area contributed by atoms with Crippen LogP contribution in [-0.2, 0) is 10.2 Å². The van der Waals surface area contributed by atoms with Crippen molar-refractivity contribution in [3.63, 3.8) is 0 Å². The molecule has 0 radical (unpaired) electrons. The number of rotatable bonds is 4. The molecule has 0 N–H and O–H groups in total. The molecule has 3 heterocycles. The van der Waals surface area contributed by atoms with E-state index in [1.54, 1.807) is 9.21 Å². The van der Waals surface area contributed by atoms with Crippen molar-refractivity contribution in [2.24, 2.45) is 0 Å². The standard InChI is InChI=1S/C23H33N5O3S/c1-18-7-5-6-8-22(18)28-19(2)17-21(20(28)3)23(29)25-11-15-27(16-12-25)32(30,31)26-13-9-24(4)10-14-26/h5-8,17H,9-16H2,1-4H3. The summed E-state index contributed by atoms with van der Waals surface area (Å²) in [6.45, 7) is 10.0. The van der Waals surface area contributed by atoms with Gasteiger partial charge in [0.1, 0.15) is 0 Å². The van der Waals surface area contributed by atoms with E-state index < -0.39 is 10.2 Å². The first-order valence-corrected chi connectivity index (χ1v) is 12.6. The van der Waals surface area contributed by atoms with Crippen molar-refractivity contribution < 1.29 is 13.2 Å². The fourth-order valence-corrected chi connectivity index (χ4v) is 6.21. The lowest BCUT2D eigenvalue weighted by Gasteiger charge is -2.39. The first-order valence-electron chi connectivity index (χ1n) is 11.2. The highest BCUT2D eigenvalue weighted by atomic mass is 32.2. The number of carbonyl (C=O) groups is 1. The maximum Gasteiger partial charge on any atom is 0.282 e. The molecule has 2 aromatic rings. The molecule has 2 aliphatic rings. The Labute approximate surface area is 191 Å². The fourth-order valence-electron chi connectivity index (χ4n) is 4.64. The zero-order valence-electron chi connectivity index (χ0n) is 19.4. The van der Waals surface area contributed by atoms with Crippen LogP contribution in [0.3, 0.4) is 0 Å². The third kappa shape index (κ3) is 4.22. The molecule has 0 spiro atoms. The molecular weight excluding hydrogens is 426 g/mol. The number of para-hydroxylation sites is 1. The van der Waals surface area contributed by atoms with Gasteiger partial charge in [-0.2, -0.15) is 17.0 Å². The summed E-state index contributed by atoms with van der Waals surface area (Å²) in [6.07, 6.45) is 0. The highest BCUT2D eigenvalue weighted by Crippen LogP contribution is 2.25. The molecule has 2 aliphatic heterocycles. The van der Waals surface area contributed by atoms with Gasteiger partial charge in [-0.05, 0) is 45.5 Å². The van der Waals surface area contributed by atoms with E-state index in [1.165, 1.54) is 4.31 Å². The molecule has 1 aromatic carbocycles. The molecule has 0 atom stereocenters. The van der Waals surface area contributed by atoms with Crippen LogP contribution in [0.15, 0.2) is 30.3 Å². The topological polar surface area (TPSA) is 69.1 Å². The van der Waals surface area contributed by atoms with Crippen molar-refractivity contribution in [2.45, 2.75) is 20.8 Å². The zero-order chi connectivity index (χ0) is 23.0. The summed E-state index contributed by atoms with van der Waals surface area (Å²) in [5, 5.41) is 0. The molecule has 8 nitrogen and oxygen atoms in total. The number of piperazine rings is 2. The van der Waals surface area contributed by atoms with Gasteiger partial charge < -0.3 is 14.4 Å². The van der Waals surface area contributed by atoms with Crippen LogP contribution < -0.4 is 0 Å². The van der Waals surface area contributed by atoms with E-state index in [9.17, 15) is 13.2 Å². The lowest BCUT2D eigenvalue weighted by Crippen LogP contribution is -2.57. The Morgan fingerprint density at radius 3 is 2.00 bits per heavy atom. The van der Waals surface area contributed by atoms with Crippen LogP contribution in [0.1, 0.15) is 27.3 Å². The normalized spacial score (nSPS) is 19.4. The highest BCUT2D eigenvalue weighted by Gasteiger charge is 2.35. The Kier molecular flexibility index (Phi) is 6.44. The largest absolute Gasteiger partial charge is 0.336 e. The maximum absolute atomic E-state index is 13.3. The monoisotopic (exact) mass is 459 g/mol. The van der Waals surface area contributed by atoms with Crippen molar-refractivity contribution in [3.8, 4) is 5.69 Å². The summed E-state index contributed by atoms with van der Waals surface area (Å²) in [6, 6.07) is 10.1. The van der Waals surface area contributed by atoms with Crippen molar-refractivity contribution in [3.05, 3.63) is 52.8 Å². The van der Waals surface area contributed by atoms with Crippen molar-refractivity contribution in [2.75, 3.05) is 59.4 Å². The molecule has 2 saturated heterocycles. The number of aryl methyl sites for hydroxylation is 2. The van der Waals surface area contributed by atoms with E-state index in [4.69, 9.17) is 0 Å². The predicted octanol–water partition coefficient (Wildman–Crippen LogP) is 1.65. The van der Waals surface area contributed by atoms with Crippen molar-refractivity contribution >= 4 is 16.1 Å². The summed E-state index contributed by atoms with van der Waals surface area (Å²) in [7, 11) is -1.47. The Morgan fingerprint density at radius 1 is 0.844 bits per heavy atom. The van der Waals surface area contributed by atoms with Gasteiger partial charge in [-0.3, -0.25) is 4.79 Å². The molecule has 0 saturated carbocycles. The first-order chi connectivity index (χ1) is 15.2. The average Bonchev–Trinajstić information content (AvgIpc) is 3.08. The van der Waals surface area contributed by atoms with Crippen LogP contribution >= 0.6 is 0 Å². The van der Waals surface area contributed by atoms with Crippen LogP contribution in [0.5, 0.6) is 0 Å². The van der Waals surface area contributed by atoms with Gasteiger partial charge in [-0.15, -0.1) is 0 Å². The number of hydrogen-bond donors (Lipinski definition) is 0. The Hall–Kier alpha value is -2.20. The molecule has 1 amide bonds. The van der Waals surface area contributed by atoms with Gasteiger partial charge in [-0.1, -0.05) is 18.2 Å². The minimum absolute atomic E-state index is 0.0328. The quantitative estimate of drug-likeness (QED) is 0.697. The second kappa shape index (κ2) is 8.97. The number of hydrogen-bond acceptors (Lipinski definition) is 4. The minimum atomic E-state index is -3.48. The van der Waals surface area contributed by atoms with Gasteiger partial charge in [0, 0.05) is 69.4 Å². The molecule has 174 valence electrons. The van der Waals surface area contributed by atoms with Crippen LogP contribution in [0.2, 0.25) is 0 Å². The van der Waals surface area contributed by atoms with Crippen molar-refractivity contribution in [1.82, 2.24) is 23.0 Å². The molecule has 9 heteroatoms. The first kappa shape index (κ1) is 23.0. The Bertz CT molecular complexity index is 1090.